The topological polar surface area (TPSA) is 46.1 Å². The average molecular weight is 370 g/mol. The molecule has 0 aliphatic rings. The van der Waals surface area contributed by atoms with Gasteiger partial charge in [0, 0.05) is 27.2 Å². The highest BCUT2D eigenvalue weighted by Crippen LogP contribution is 2.27. The molecule has 0 aliphatic heterocycles. The van der Waals surface area contributed by atoms with Crippen molar-refractivity contribution in [1.29, 1.82) is 0 Å². The molecule has 0 saturated carbocycles. The fraction of sp³-hybridized carbons (Fsp3) is 0.409. The predicted octanol–water partition coefficient (Wildman–Crippen LogP) is 3.30. The van der Waals surface area contributed by atoms with Crippen molar-refractivity contribution in [2.24, 2.45) is 4.99 Å². The molecule has 5 heteroatoms. The molecule has 0 aromatic heterocycles. The second kappa shape index (κ2) is 10.5. The normalized spacial score (nSPS) is 11.2. The number of benzene rings is 2. The predicted molar refractivity (Wildman–Crippen MR) is 112 cm³/mol. The molecule has 2 aromatic rings. The van der Waals surface area contributed by atoms with Crippen molar-refractivity contribution in [3.8, 4) is 11.5 Å². The Labute approximate surface area is 163 Å². The van der Waals surface area contributed by atoms with E-state index in [4.69, 9.17) is 9.47 Å². The molecule has 5 nitrogen and oxygen atoms in total. The number of ether oxygens (including phenoxy) is 2. The molecular formula is C22H31N3O2. The molecule has 0 amide bonds. The van der Waals surface area contributed by atoms with Gasteiger partial charge in [-0.1, -0.05) is 35.9 Å². The van der Waals surface area contributed by atoms with Gasteiger partial charge < -0.3 is 19.7 Å². The fourth-order valence-electron chi connectivity index (χ4n) is 3.01. The number of hydrogen-bond acceptors (Lipinski definition) is 3. The largest absolute Gasteiger partial charge is 0.493 e. The summed E-state index contributed by atoms with van der Waals surface area (Å²) in [5.74, 6) is 2.42. The summed E-state index contributed by atoms with van der Waals surface area (Å²) in [5.41, 5.74) is 3.84. The molecule has 0 unspecified atom stereocenters. The Kier molecular flexibility index (Phi) is 7.99. The molecule has 146 valence electrons. The lowest BCUT2D eigenvalue weighted by Crippen LogP contribution is -2.40. The van der Waals surface area contributed by atoms with Gasteiger partial charge in [0.15, 0.2) is 17.5 Å². The van der Waals surface area contributed by atoms with E-state index in [0.717, 1.165) is 43.4 Å². The van der Waals surface area contributed by atoms with Crippen LogP contribution in [0.25, 0.3) is 0 Å². The number of nitrogens with zero attached hydrogens (tertiary/aromatic N) is 2. The van der Waals surface area contributed by atoms with Gasteiger partial charge in [-0.25, -0.2) is 0 Å². The highest BCUT2D eigenvalue weighted by Gasteiger charge is 2.08. The third-order valence-electron chi connectivity index (χ3n) is 4.54. The first-order chi connectivity index (χ1) is 13.1. The summed E-state index contributed by atoms with van der Waals surface area (Å²) in [6, 6.07) is 14.7. The van der Waals surface area contributed by atoms with Crippen molar-refractivity contribution < 1.29 is 9.47 Å². The minimum absolute atomic E-state index is 0.753. The van der Waals surface area contributed by atoms with Crippen molar-refractivity contribution in [2.45, 2.75) is 19.8 Å². The Morgan fingerprint density at radius 1 is 1.00 bits per heavy atom. The van der Waals surface area contributed by atoms with Gasteiger partial charge in [-0.15, -0.1) is 0 Å². The zero-order chi connectivity index (χ0) is 19.6. The summed E-state index contributed by atoms with van der Waals surface area (Å²) in [4.78, 5) is 6.54. The van der Waals surface area contributed by atoms with Gasteiger partial charge in [-0.3, -0.25) is 4.99 Å². The summed E-state index contributed by atoms with van der Waals surface area (Å²) in [7, 11) is 7.19. The van der Waals surface area contributed by atoms with E-state index in [9.17, 15) is 0 Å². The zero-order valence-electron chi connectivity index (χ0n) is 17.1. The molecule has 2 rings (SSSR count). The van der Waals surface area contributed by atoms with Crippen molar-refractivity contribution in [2.75, 3.05) is 41.4 Å². The standard InChI is InChI=1S/C22H31N3O2/c1-17-7-6-8-18(15-17)11-13-24-22(23-2)25(3)14-12-19-9-10-20(26-4)21(16-19)27-5/h6-10,15-16H,11-14H2,1-5H3,(H,23,24). The van der Waals surface area contributed by atoms with E-state index in [-0.39, 0.29) is 0 Å². The smallest absolute Gasteiger partial charge is 0.193 e. The van der Waals surface area contributed by atoms with Crippen LogP contribution in [0.1, 0.15) is 16.7 Å². The number of methoxy groups -OCH3 is 2. The van der Waals surface area contributed by atoms with Crippen LogP contribution >= 0.6 is 0 Å². The lowest BCUT2D eigenvalue weighted by Gasteiger charge is -2.22. The summed E-state index contributed by atoms with van der Waals surface area (Å²) in [6.07, 6.45) is 1.87. The van der Waals surface area contributed by atoms with Gasteiger partial charge in [0.1, 0.15) is 0 Å². The van der Waals surface area contributed by atoms with E-state index in [2.05, 4.69) is 59.5 Å². The molecule has 0 spiro atoms. The third-order valence-corrected chi connectivity index (χ3v) is 4.54. The highest BCUT2D eigenvalue weighted by atomic mass is 16.5. The number of guanidine groups is 1. The van der Waals surface area contributed by atoms with Gasteiger partial charge in [0.05, 0.1) is 14.2 Å². The Morgan fingerprint density at radius 2 is 1.74 bits per heavy atom. The second-order valence-corrected chi connectivity index (χ2v) is 6.57. The molecule has 0 fully saturated rings. The summed E-state index contributed by atoms with van der Waals surface area (Å²) >= 11 is 0. The molecule has 0 atom stereocenters. The monoisotopic (exact) mass is 369 g/mol. The quantitative estimate of drug-likeness (QED) is 0.573. The summed E-state index contributed by atoms with van der Waals surface area (Å²) in [6.45, 7) is 3.84. The van der Waals surface area contributed by atoms with Crippen LogP contribution in [0, 0.1) is 6.92 Å². The van der Waals surface area contributed by atoms with Gasteiger partial charge in [-0.2, -0.15) is 0 Å². The van der Waals surface area contributed by atoms with Crippen molar-refractivity contribution in [3.05, 3.63) is 59.2 Å². The number of aliphatic imine (C=N–C) groups is 1. The van der Waals surface area contributed by atoms with Crippen molar-refractivity contribution >= 4 is 5.96 Å². The maximum atomic E-state index is 5.38. The minimum atomic E-state index is 0.753. The van der Waals surface area contributed by atoms with Crippen LogP contribution in [0.2, 0.25) is 0 Å². The maximum Gasteiger partial charge on any atom is 0.193 e. The summed E-state index contributed by atoms with van der Waals surface area (Å²) in [5, 5.41) is 3.45. The van der Waals surface area contributed by atoms with Gasteiger partial charge in [-0.05, 0) is 43.0 Å². The van der Waals surface area contributed by atoms with Crippen LogP contribution in [0.4, 0.5) is 0 Å². The van der Waals surface area contributed by atoms with Gasteiger partial charge in [0.25, 0.3) is 0 Å². The molecular weight excluding hydrogens is 338 g/mol. The van der Waals surface area contributed by atoms with E-state index >= 15 is 0 Å². The first kappa shape index (κ1) is 20.6. The number of likely N-dealkylation sites (N-methyl/N-ethyl adjacent to an activating group) is 1. The van der Waals surface area contributed by atoms with E-state index in [1.54, 1.807) is 14.2 Å². The maximum absolute atomic E-state index is 5.38. The van der Waals surface area contributed by atoms with Crippen LogP contribution in [-0.4, -0.2) is 52.3 Å². The lowest BCUT2D eigenvalue weighted by atomic mass is 10.1. The van der Waals surface area contributed by atoms with Crippen molar-refractivity contribution in [1.82, 2.24) is 10.2 Å². The molecule has 2 aromatic carbocycles. The van der Waals surface area contributed by atoms with Crippen LogP contribution < -0.4 is 14.8 Å². The fourth-order valence-corrected chi connectivity index (χ4v) is 3.01. The van der Waals surface area contributed by atoms with Gasteiger partial charge in [0.2, 0.25) is 0 Å². The molecule has 0 saturated heterocycles. The number of rotatable bonds is 8. The molecule has 0 radical (unpaired) electrons. The first-order valence-electron chi connectivity index (χ1n) is 9.25. The third kappa shape index (κ3) is 6.20. The van der Waals surface area contributed by atoms with E-state index in [1.807, 2.05) is 19.2 Å². The SMILES string of the molecule is CN=C(NCCc1cccc(C)c1)N(C)CCc1ccc(OC)c(OC)c1. The highest BCUT2D eigenvalue weighted by molar-refractivity contribution is 5.79. The average Bonchev–Trinajstić information content (AvgIpc) is 2.69. The lowest BCUT2D eigenvalue weighted by molar-refractivity contribution is 0.354. The number of hydrogen-bond donors (Lipinski definition) is 1. The summed E-state index contributed by atoms with van der Waals surface area (Å²) < 4.78 is 10.7. The number of aryl methyl sites for hydroxylation is 1. The molecule has 0 bridgehead atoms. The zero-order valence-corrected chi connectivity index (χ0v) is 17.1. The van der Waals surface area contributed by atoms with Crippen molar-refractivity contribution in [3.63, 3.8) is 0 Å². The molecule has 1 N–H and O–H groups in total. The van der Waals surface area contributed by atoms with Crippen LogP contribution in [0.3, 0.4) is 0 Å². The Hall–Kier alpha value is -2.69. The minimum Gasteiger partial charge on any atom is -0.493 e. The van der Waals surface area contributed by atoms with Crippen LogP contribution in [0.15, 0.2) is 47.5 Å². The van der Waals surface area contributed by atoms with E-state index in [0.29, 0.717) is 0 Å². The Morgan fingerprint density at radius 3 is 2.41 bits per heavy atom. The number of nitrogens with one attached hydrogen (secondary N) is 1. The molecule has 0 aliphatic carbocycles. The Bertz CT molecular complexity index is 759. The second-order valence-electron chi connectivity index (χ2n) is 6.57. The van der Waals surface area contributed by atoms with Gasteiger partial charge >= 0.3 is 0 Å². The van der Waals surface area contributed by atoms with Crippen LogP contribution in [-0.2, 0) is 12.8 Å². The van der Waals surface area contributed by atoms with Crippen LogP contribution in [0.5, 0.6) is 11.5 Å². The Balaban J connectivity index is 1.85. The van der Waals surface area contributed by atoms with E-state index in [1.165, 1.54) is 16.7 Å². The first-order valence-corrected chi connectivity index (χ1v) is 9.25. The molecule has 27 heavy (non-hydrogen) atoms. The van der Waals surface area contributed by atoms with E-state index < -0.39 is 0 Å². The molecule has 0 heterocycles.